The van der Waals surface area contributed by atoms with Gasteiger partial charge in [-0.2, -0.15) is 0 Å². The van der Waals surface area contributed by atoms with Gasteiger partial charge in [0.15, 0.2) is 11.0 Å². The van der Waals surface area contributed by atoms with E-state index >= 15 is 0 Å². The highest BCUT2D eigenvalue weighted by molar-refractivity contribution is 7.99. The van der Waals surface area contributed by atoms with Crippen molar-refractivity contribution in [2.75, 3.05) is 5.75 Å². The van der Waals surface area contributed by atoms with Crippen LogP contribution in [0.5, 0.6) is 5.75 Å². The number of rotatable bonds is 7. The Morgan fingerprint density at radius 1 is 1.08 bits per heavy atom. The first kappa shape index (κ1) is 16.3. The van der Waals surface area contributed by atoms with E-state index in [0.29, 0.717) is 6.61 Å². The number of thioether (sulfide) groups is 1. The van der Waals surface area contributed by atoms with Gasteiger partial charge in [-0.15, -0.1) is 16.8 Å². The molecule has 0 saturated carbocycles. The molecule has 1 heterocycles. The zero-order chi connectivity index (χ0) is 16.8. The normalized spacial score (nSPS) is 10.5. The lowest BCUT2D eigenvalue weighted by Gasteiger charge is -2.11. The van der Waals surface area contributed by atoms with Gasteiger partial charge in [0, 0.05) is 11.4 Å². The third-order valence-corrected chi connectivity index (χ3v) is 4.42. The summed E-state index contributed by atoms with van der Waals surface area (Å²) in [7, 11) is 0. The first-order valence-electron chi connectivity index (χ1n) is 7.71. The highest BCUT2D eigenvalue weighted by Crippen LogP contribution is 2.23. The zero-order valence-corrected chi connectivity index (χ0v) is 14.4. The molecule has 0 amide bonds. The summed E-state index contributed by atoms with van der Waals surface area (Å²) in [5.41, 5.74) is 2.13. The van der Waals surface area contributed by atoms with E-state index in [0.717, 1.165) is 33.7 Å². The molecule has 3 aromatic rings. The maximum Gasteiger partial charge on any atom is 0.196 e. The standard InChI is InChI=1S/C19H19N3OS/c1-3-13-24-19-21-20-18(22(19)16-10-5-4-6-11-16)14-23-17-12-8-7-9-15(17)2/h3-12H,1,13-14H2,2H3. The minimum atomic E-state index is 0.362. The molecule has 0 spiro atoms. The van der Waals surface area contributed by atoms with Gasteiger partial charge in [0.2, 0.25) is 0 Å². The average Bonchev–Trinajstić information content (AvgIpc) is 3.03. The summed E-state index contributed by atoms with van der Waals surface area (Å²) in [5, 5.41) is 9.47. The van der Waals surface area contributed by atoms with Crippen molar-refractivity contribution in [1.82, 2.24) is 14.8 Å². The van der Waals surface area contributed by atoms with Crippen molar-refractivity contribution >= 4 is 11.8 Å². The molecule has 4 nitrogen and oxygen atoms in total. The monoisotopic (exact) mass is 337 g/mol. The van der Waals surface area contributed by atoms with Gasteiger partial charge in [0.25, 0.3) is 0 Å². The Morgan fingerprint density at radius 2 is 1.83 bits per heavy atom. The Balaban J connectivity index is 1.88. The molecule has 0 fully saturated rings. The van der Waals surface area contributed by atoms with Gasteiger partial charge in [-0.25, -0.2) is 0 Å². The average molecular weight is 337 g/mol. The maximum absolute atomic E-state index is 5.95. The molecule has 0 aliphatic carbocycles. The number of hydrogen-bond donors (Lipinski definition) is 0. The predicted octanol–water partition coefficient (Wildman–Crippen LogP) is 4.43. The molecule has 5 heteroatoms. The molecule has 0 radical (unpaired) electrons. The van der Waals surface area contributed by atoms with Crippen LogP contribution in [-0.2, 0) is 6.61 Å². The molecule has 0 aliphatic rings. The van der Waals surface area contributed by atoms with Gasteiger partial charge < -0.3 is 4.74 Å². The van der Waals surface area contributed by atoms with Crippen molar-refractivity contribution in [3.63, 3.8) is 0 Å². The van der Waals surface area contributed by atoms with Crippen LogP contribution in [0.15, 0.2) is 72.4 Å². The quantitative estimate of drug-likeness (QED) is 0.472. The van der Waals surface area contributed by atoms with Crippen molar-refractivity contribution in [2.24, 2.45) is 0 Å². The first-order valence-corrected chi connectivity index (χ1v) is 8.70. The fraction of sp³-hybridized carbons (Fsp3) is 0.158. The van der Waals surface area contributed by atoms with Gasteiger partial charge in [-0.05, 0) is 30.7 Å². The molecule has 0 saturated heterocycles. The first-order chi connectivity index (χ1) is 11.8. The highest BCUT2D eigenvalue weighted by Gasteiger charge is 2.14. The van der Waals surface area contributed by atoms with Crippen LogP contribution in [0.25, 0.3) is 5.69 Å². The molecule has 122 valence electrons. The number of aryl methyl sites for hydroxylation is 1. The fourth-order valence-corrected chi connectivity index (χ4v) is 3.02. The summed E-state index contributed by atoms with van der Waals surface area (Å²) in [4.78, 5) is 0. The predicted molar refractivity (Wildman–Crippen MR) is 97.8 cm³/mol. The van der Waals surface area contributed by atoms with Gasteiger partial charge in [-0.1, -0.05) is 54.2 Å². The number of nitrogens with zero attached hydrogens (tertiary/aromatic N) is 3. The summed E-state index contributed by atoms with van der Waals surface area (Å²) in [6, 6.07) is 18.0. The Hall–Kier alpha value is -2.53. The van der Waals surface area contributed by atoms with Crippen LogP contribution in [0.2, 0.25) is 0 Å². The van der Waals surface area contributed by atoms with E-state index < -0.39 is 0 Å². The number of aromatic nitrogens is 3. The third-order valence-electron chi connectivity index (χ3n) is 3.50. The number of hydrogen-bond acceptors (Lipinski definition) is 4. The Labute approximate surface area is 146 Å². The fourth-order valence-electron chi connectivity index (χ4n) is 2.32. The van der Waals surface area contributed by atoms with E-state index in [4.69, 9.17) is 4.74 Å². The lowest BCUT2D eigenvalue weighted by atomic mass is 10.2. The second-order valence-corrected chi connectivity index (χ2v) is 6.21. The van der Waals surface area contributed by atoms with Crippen molar-refractivity contribution in [1.29, 1.82) is 0 Å². The molecule has 2 aromatic carbocycles. The summed E-state index contributed by atoms with van der Waals surface area (Å²) < 4.78 is 7.98. The number of ether oxygens (including phenoxy) is 1. The summed E-state index contributed by atoms with van der Waals surface area (Å²) in [5.74, 6) is 2.42. The topological polar surface area (TPSA) is 39.9 Å². The molecular weight excluding hydrogens is 318 g/mol. The van der Waals surface area contributed by atoms with E-state index in [1.54, 1.807) is 11.8 Å². The second-order valence-electron chi connectivity index (χ2n) is 5.22. The van der Waals surface area contributed by atoms with E-state index in [1.807, 2.05) is 72.2 Å². The summed E-state index contributed by atoms with van der Waals surface area (Å²) >= 11 is 1.60. The van der Waals surface area contributed by atoms with Crippen LogP contribution < -0.4 is 4.74 Å². The van der Waals surface area contributed by atoms with Crippen LogP contribution in [-0.4, -0.2) is 20.5 Å². The largest absolute Gasteiger partial charge is 0.485 e. The highest BCUT2D eigenvalue weighted by atomic mass is 32.2. The molecule has 24 heavy (non-hydrogen) atoms. The minimum Gasteiger partial charge on any atom is -0.485 e. The minimum absolute atomic E-state index is 0.362. The Bertz CT molecular complexity index is 814. The zero-order valence-electron chi connectivity index (χ0n) is 13.6. The number of para-hydroxylation sites is 2. The molecule has 1 aromatic heterocycles. The molecule has 0 atom stereocenters. The van der Waals surface area contributed by atoms with Crippen LogP contribution in [0.3, 0.4) is 0 Å². The van der Waals surface area contributed by atoms with Crippen LogP contribution in [0.1, 0.15) is 11.4 Å². The Kier molecular flexibility index (Phi) is 5.33. The van der Waals surface area contributed by atoms with E-state index in [1.165, 1.54) is 0 Å². The van der Waals surface area contributed by atoms with Crippen molar-refractivity contribution < 1.29 is 4.74 Å². The lowest BCUT2D eigenvalue weighted by Crippen LogP contribution is -2.07. The molecule has 0 unspecified atom stereocenters. The van der Waals surface area contributed by atoms with Crippen molar-refractivity contribution in [3.05, 3.63) is 78.6 Å². The summed E-state index contributed by atoms with van der Waals surface area (Å²) in [6.45, 7) is 6.16. The second kappa shape index (κ2) is 7.84. The van der Waals surface area contributed by atoms with Crippen LogP contribution >= 0.6 is 11.8 Å². The van der Waals surface area contributed by atoms with Crippen molar-refractivity contribution in [3.8, 4) is 11.4 Å². The smallest absolute Gasteiger partial charge is 0.196 e. The van der Waals surface area contributed by atoms with Crippen LogP contribution in [0.4, 0.5) is 0 Å². The van der Waals surface area contributed by atoms with Gasteiger partial charge in [0.05, 0.1) is 0 Å². The molecule has 0 N–H and O–H groups in total. The van der Waals surface area contributed by atoms with Crippen molar-refractivity contribution in [2.45, 2.75) is 18.7 Å². The third kappa shape index (κ3) is 3.68. The SMILES string of the molecule is C=CCSc1nnc(COc2ccccc2C)n1-c1ccccc1. The molecular formula is C19H19N3OS. The molecule has 3 rings (SSSR count). The number of benzene rings is 2. The Morgan fingerprint density at radius 3 is 2.58 bits per heavy atom. The van der Waals surface area contributed by atoms with E-state index in [2.05, 4.69) is 16.8 Å². The van der Waals surface area contributed by atoms with Gasteiger partial charge in [0.1, 0.15) is 12.4 Å². The van der Waals surface area contributed by atoms with Gasteiger partial charge >= 0.3 is 0 Å². The van der Waals surface area contributed by atoms with Crippen LogP contribution in [0, 0.1) is 6.92 Å². The van der Waals surface area contributed by atoms with E-state index in [9.17, 15) is 0 Å². The molecule has 0 aliphatic heterocycles. The molecule has 0 bridgehead atoms. The van der Waals surface area contributed by atoms with Gasteiger partial charge in [-0.3, -0.25) is 4.57 Å². The summed E-state index contributed by atoms with van der Waals surface area (Å²) in [6.07, 6.45) is 1.86. The lowest BCUT2D eigenvalue weighted by molar-refractivity contribution is 0.291. The maximum atomic E-state index is 5.95. The van der Waals surface area contributed by atoms with E-state index in [-0.39, 0.29) is 0 Å².